The van der Waals surface area contributed by atoms with Gasteiger partial charge in [-0.3, -0.25) is 10.1 Å². The van der Waals surface area contributed by atoms with Gasteiger partial charge >= 0.3 is 0 Å². The van der Waals surface area contributed by atoms with Gasteiger partial charge in [0, 0.05) is 25.2 Å². The highest BCUT2D eigenvalue weighted by Gasteiger charge is 2.29. The van der Waals surface area contributed by atoms with E-state index in [9.17, 15) is 19.6 Å². The van der Waals surface area contributed by atoms with E-state index in [0.29, 0.717) is 13.0 Å². The van der Waals surface area contributed by atoms with Crippen molar-refractivity contribution in [3.8, 4) is 0 Å². The second kappa shape index (κ2) is 5.30. The van der Waals surface area contributed by atoms with Gasteiger partial charge in [-0.2, -0.15) is 0 Å². The van der Waals surface area contributed by atoms with Gasteiger partial charge in [-0.25, -0.2) is 4.39 Å². The van der Waals surface area contributed by atoms with Crippen molar-refractivity contribution in [3.63, 3.8) is 0 Å². The highest BCUT2D eigenvalue weighted by molar-refractivity contribution is 6.31. The summed E-state index contributed by atoms with van der Waals surface area (Å²) in [4.78, 5) is 12.0. The maximum atomic E-state index is 13.5. The molecule has 1 heterocycles. The predicted octanol–water partition coefficient (Wildman–Crippen LogP) is 2.59. The Labute approximate surface area is 114 Å². The third-order valence-corrected chi connectivity index (χ3v) is 3.76. The third kappa shape index (κ3) is 2.79. The molecule has 2 rings (SSSR count). The molecule has 5 nitrogen and oxygen atoms in total. The van der Waals surface area contributed by atoms with Gasteiger partial charge in [-0.1, -0.05) is 18.5 Å². The molecule has 0 spiro atoms. The lowest BCUT2D eigenvalue weighted by molar-refractivity contribution is -0.384. The summed E-state index contributed by atoms with van der Waals surface area (Å²) in [5.74, 6) is -0.567. The van der Waals surface area contributed by atoms with Crippen LogP contribution in [0.1, 0.15) is 13.3 Å². The summed E-state index contributed by atoms with van der Waals surface area (Å²) in [6.07, 6.45) is 0.120. The van der Waals surface area contributed by atoms with Crippen LogP contribution in [-0.4, -0.2) is 29.2 Å². The van der Waals surface area contributed by atoms with Gasteiger partial charge in [-0.05, 0) is 12.3 Å². The summed E-state index contributed by atoms with van der Waals surface area (Å²) in [5.41, 5.74) is -0.0778. The average molecular weight is 289 g/mol. The summed E-state index contributed by atoms with van der Waals surface area (Å²) in [7, 11) is 0. The first-order valence-corrected chi connectivity index (χ1v) is 6.34. The average Bonchev–Trinajstić information content (AvgIpc) is 2.35. The van der Waals surface area contributed by atoms with Crippen LogP contribution in [-0.2, 0) is 0 Å². The van der Waals surface area contributed by atoms with E-state index in [4.69, 9.17) is 11.6 Å². The van der Waals surface area contributed by atoms with E-state index in [1.807, 2.05) is 6.92 Å². The summed E-state index contributed by atoms with van der Waals surface area (Å²) in [5, 5.41) is 20.6. The lowest BCUT2D eigenvalue weighted by atomic mass is 9.95. The number of nitro benzene ring substituents is 1. The SMILES string of the molecule is CC1CCN(c2cc(F)c(Cl)cc2[N+](=O)[O-])CC1O. The standard InChI is InChI=1S/C12H14ClFN2O3/c1-7-2-3-15(6-12(7)17)10-5-9(14)8(13)4-11(10)16(18)19/h4-5,7,12,17H,2-3,6H2,1H3. The van der Waals surface area contributed by atoms with Crippen LogP contribution in [0.3, 0.4) is 0 Å². The number of hydrogen-bond donors (Lipinski definition) is 1. The van der Waals surface area contributed by atoms with Gasteiger partial charge in [-0.15, -0.1) is 0 Å². The van der Waals surface area contributed by atoms with Crippen molar-refractivity contribution in [2.45, 2.75) is 19.4 Å². The van der Waals surface area contributed by atoms with Crippen molar-refractivity contribution in [3.05, 3.63) is 33.1 Å². The highest BCUT2D eigenvalue weighted by atomic mass is 35.5. The zero-order valence-electron chi connectivity index (χ0n) is 10.3. The molecule has 19 heavy (non-hydrogen) atoms. The smallest absolute Gasteiger partial charge is 0.294 e. The summed E-state index contributed by atoms with van der Waals surface area (Å²) in [6, 6.07) is 2.07. The van der Waals surface area contributed by atoms with Crippen molar-refractivity contribution in [1.82, 2.24) is 0 Å². The number of nitro groups is 1. The molecule has 2 atom stereocenters. The second-order valence-corrected chi connectivity index (χ2v) is 5.20. The van der Waals surface area contributed by atoms with Crippen LogP contribution in [0.25, 0.3) is 0 Å². The Hall–Kier alpha value is -1.40. The van der Waals surface area contributed by atoms with Gasteiger partial charge in [0.2, 0.25) is 0 Å². The topological polar surface area (TPSA) is 66.6 Å². The molecule has 1 aromatic rings. The Kier molecular flexibility index (Phi) is 3.91. The minimum absolute atomic E-state index is 0.132. The van der Waals surface area contributed by atoms with Crippen LogP contribution >= 0.6 is 11.6 Å². The number of β-amino-alcohol motifs (C(OH)–C–C–N with tert-alkyl or cyclic N) is 1. The van der Waals surface area contributed by atoms with Crippen LogP contribution in [0.2, 0.25) is 5.02 Å². The first-order chi connectivity index (χ1) is 8.90. The fourth-order valence-electron chi connectivity index (χ4n) is 2.19. The molecular formula is C12H14ClFN2O3. The first kappa shape index (κ1) is 14.0. The van der Waals surface area contributed by atoms with Crippen molar-refractivity contribution in [2.24, 2.45) is 5.92 Å². The Morgan fingerprint density at radius 3 is 2.84 bits per heavy atom. The van der Waals surface area contributed by atoms with Gasteiger partial charge in [0.1, 0.15) is 11.5 Å². The molecule has 7 heteroatoms. The highest BCUT2D eigenvalue weighted by Crippen LogP contribution is 2.35. The predicted molar refractivity (Wildman–Crippen MR) is 70.1 cm³/mol. The molecule has 1 aromatic carbocycles. The summed E-state index contributed by atoms with van der Waals surface area (Å²) in [6.45, 7) is 2.71. The minimum atomic E-state index is -0.699. The zero-order valence-corrected chi connectivity index (χ0v) is 11.1. The number of halogens is 2. The molecule has 0 radical (unpaired) electrons. The third-order valence-electron chi connectivity index (χ3n) is 3.47. The van der Waals surface area contributed by atoms with Crippen LogP contribution in [0, 0.1) is 21.8 Å². The molecular weight excluding hydrogens is 275 g/mol. The number of anilines is 1. The number of piperidine rings is 1. The molecule has 1 N–H and O–H groups in total. The number of aliphatic hydroxyl groups is 1. The van der Waals surface area contributed by atoms with E-state index in [1.54, 1.807) is 4.90 Å². The number of benzene rings is 1. The van der Waals surface area contributed by atoms with E-state index in [1.165, 1.54) is 0 Å². The van der Waals surface area contributed by atoms with Crippen molar-refractivity contribution in [1.29, 1.82) is 0 Å². The van der Waals surface area contributed by atoms with Crippen LogP contribution < -0.4 is 4.90 Å². The van der Waals surface area contributed by atoms with E-state index in [2.05, 4.69) is 0 Å². The van der Waals surface area contributed by atoms with Gasteiger partial charge in [0.05, 0.1) is 16.0 Å². The molecule has 1 fully saturated rings. The van der Waals surface area contributed by atoms with Crippen molar-refractivity contribution in [2.75, 3.05) is 18.0 Å². The molecule has 0 aromatic heterocycles. The molecule has 1 aliphatic rings. The zero-order chi connectivity index (χ0) is 14.2. The fourth-order valence-corrected chi connectivity index (χ4v) is 2.35. The molecule has 0 saturated carbocycles. The molecule has 1 saturated heterocycles. The molecule has 0 amide bonds. The van der Waals surface area contributed by atoms with E-state index < -0.39 is 16.8 Å². The van der Waals surface area contributed by atoms with E-state index in [0.717, 1.165) is 12.1 Å². The van der Waals surface area contributed by atoms with E-state index >= 15 is 0 Å². The number of aliphatic hydroxyl groups excluding tert-OH is 1. The Morgan fingerprint density at radius 1 is 1.58 bits per heavy atom. The van der Waals surface area contributed by atoms with Gasteiger partial charge in [0.25, 0.3) is 5.69 Å². The Morgan fingerprint density at radius 2 is 2.26 bits per heavy atom. The maximum Gasteiger partial charge on any atom is 0.294 e. The number of hydrogen-bond acceptors (Lipinski definition) is 4. The van der Waals surface area contributed by atoms with E-state index in [-0.39, 0.29) is 28.9 Å². The quantitative estimate of drug-likeness (QED) is 0.671. The lowest BCUT2D eigenvalue weighted by Gasteiger charge is -2.35. The summed E-state index contributed by atoms with van der Waals surface area (Å²) < 4.78 is 13.5. The fraction of sp³-hybridized carbons (Fsp3) is 0.500. The monoisotopic (exact) mass is 288 g/mol. The molecule has 0 aliphatic carbocycles. The Bertz CT molecular complexity index is 512. The minimum Gasteiger partial charge on any atom is -0.391 e. The second-order valence-electron chi connectivity index (χ2n) is 4.79. The molecule has 2 unspecified atom stereocenters. The lowest BCUT2D eigenvalue weighted by Crippen LogP contribution is -2.43. The molecule has 1 aliphatic heterocycles. The summed E-state index contributed by atoms with van der Waals surface area (Å²) >= 11 is 5.57. The van der Waals surface area contributed by atoms with Crippen molar-refractivity contribution >= 4 is 23.0 Å². The van der Waals surface area contributed by atoms with Crippen molar-refractivity contribution < 1.29 is 14.4 Å². The molecule has 104 valence electrons. The first-order valence-electron chi connectivity index (χ1n) is 5.96. The van der Waals surface area contributed by atoms with Crippen LogP contribution in [0.5, 0.6) is 0 Å². The largest absolute Gasteiger partial charge is 0.391 e. The number of rotatable bonds is 2. The van der Waals surface area contributed by atoms with Crippen LogP contribution in [0.15, 0.2) is 12.1 Å². The normalized spacial score (nSPS) is 23.5. The van der Waals surface area contributed by atoms with Gasteiger partial charge < -0.3 is 10.0 Å². The van der Waals surface area contributed by atoms with Gasteiger partial charge in [0.15, 0.2) is 0 Å². The van der Waals surface area contributed by atoms with Crippen LogP contribution in [0.4, 0.5) is 15.8 Å². The Balaban J connectivity index is 2.38. The number of nitrogens with zero attached hydrogens (tertiary/aromatic N) is 2. The molecule has 0 bridgehead atoms. The maximum absolute atomic E-state index is 13.5.